The summed E-state index contributed by atoms with van der Waals surface area (Å²) in [4.78, 5) is 12.9. The zero-order valence-electron chi connectivity index (χ0n) is 32.9. The minimum atomic E-state index is -1.56. The van der Waals surface area contributed by atoms with Crippen LogP contribution in [0.1, 0.15) is 194 Å². The second-order valence-electron chi connectivity index (χ2n) is 15.1. The first kappa shape index (κ1) is 48.0. The molecule has 0 bridgehead atoms. The fraction of sp³-hybridized carbons (Fsp3) is 0.929. The maximum absolute atomic E-state index is 12.9. The van der Waals surface area contributed by atoms with E-state index in [1.54, 1.807) is 6.08 Å². The molecule has 2 unspecified atom stereocenters. The SMILES string of the molecule is CCCCCCCCCCCCCCCC/C=C/[C@@H](O)[C@H](CO[C@@H]1O[C@H](CO)[C@H](O)C(O)C1O)NC(=O)CCCCCCCCCCCCCC. The van der Waals surface area contributed by atoms with E-state index in [0.29, 0.717) is 6.42 Å². The van der Waals surface area contributed by atoms with Gasteiger partial charge in [0, 0.05) is 6.42 Å². The maximum atomic E-state index is 12.9. The molecule has 0 spiro atoms. The molecule has 0 aromatic rings. The molecule has 9 nitrogen and oxygen atoms in total. The Bertz CT molecular complexity index is 812. The highest BCUT2D eigenvalue weighted by molar-refractivity contribution is 5.76. The first-order valence-electron chi connectivity index (χ1n) is 21.4. The van der Waals surface area contributed by atoms with Crippen LogP contribution < -0.4 is 5.32 Å². The van der Waals surface area contributed by atoms with Crippen molar-refractivity contribution in [2.75, 3.05) is 13.2 Å². The minimum absolute atomic E-state index is 0.177. The Labute approximate surface area is 312 Å². The van der Waals surface area contributed by atoms with E-state index in [4.69, 9.17) is 9.47 Å². The monoisotopic (exact) mass is 728 g/mol. The lowest BCUT2D eigenvalue weighted by atomic mass is 9.99. The Hall–Kier alpha value is -1.07. The van der Waals surface area contributed by atoms with Gasteiger partial charge >= 0.3 is 0 Å². The molecule has 7 atom stereocenters. The third-order valence-corrected chi connectivity index (χ3v) is 10.4. The molecule has 1 saturated heterocycles. The Kier molecular flexibility index (Phi) is 31.5. The summed E-state index contributed by atoms with van der Waals surface area (Å²) in [7, 11) is 0. The molecular formula is C42H81NO8. The molecular weight excluding hydrogens is 646 g/mol. The van der Waals surface area contributed by atoms with Crippen molar-refractivity contribution >= 4 is 5.91 Å². The van der Waals surface area contributed by atoms with Crippen molar-refractivity contribution in [1.82, 2.24) is 5.32 Å². The molecule has 1 rings (SSSR count). The quantitative estimate of drug-likeness (QED) is 0.0283. The second kappa shape index (κ2) is 33.5. The van der Waals surface area contributed by atoms with Crippen molar-refractivity contribution in [2.45, 2.75) is 236 Å². The van der Waals surface area contributed by atoms with Crippen LogP contribution in [0.25, 0.3) is 0 Å². The van der Waals surface area contributed by atoms with Crippen LogP contribution in [0.2, 0.25) is 0 Å². The summed E-state index contributed by atoms with van der Waals surface area (Å²) < 4.78 is 11.2. The van der Waals surface area contributed by atoms with Crippen LogP contribution >= 0.6 is 0 Å². The Morgan fingerprint density at radius 2 is 1.08 bits per heavy atom. The molecule has 51 heavy (non-hydrogen) atoms. The zero-order chi connectivity index (χ0) is 37.4. The molecule has 1 fully saturated rings. The van der Waals surface area contributed by atoms with Gasteiger partial charge in [-0.15, -0.1) is 0 Å². The van der Waals surface area contributed by atoms with Crippen LogP contribution in [0.15, 0.2) is 12.2 Å². The predicted molar refractivity (Wildman–Crippen MR) is 207 cm³/mol. The minimum Gasteiger partial charge on any atom is -0.394 e. The number of carbonyl (C=O) groups is 1. The zero-order valence-corrected chi connectivity index (χ0v) is 32.9. The van der Waals surface area contributed by atoms with Gasteiger partial charge in [-0.1, -0.05) is 180 Å². The van der Waals surface area contributed by atoms with Crippen LogP contribution in [0, 0.1) is 0 Å². The molecule has 6 N–H and O–H groups in total. The summed E-state index contributed by atoms with van der Waals surface area (Å²) in [6.45, 7) is 3.76. The molecule has 1 amide bonds. The molecule has 1 aliphatic rings. The molecule has 0 radical (unpaired) electrons. The standard InChI is InChI=1S/C42H81NO8/c1-3-5-7-9-11-13-15-17-18-19-20-21-23-25-27-29-31-36(45)35(34-50-42-41(49)40(48)39(47)37(33-44)51-42)43-38(46)32-30-28-26-24-22-16-14-12-10-8-6-4-2/h29,31,35-37,39-42,44-45,47-49H,3-28,30,32-34H2,1-2H3,(H,43,46)/b31-29+/t35-,36+,37+,39-,40?,41?,42+/m0/s1. The molecule has 9 heteroatoms. The third-order valence-electron chi connectivity index (χ3n) is 10.4. The largest absolute Gasteiger partial charge is 0.394 e. The summed E-state index contributed by atoms with van der Waals surface area (Å²) in [5.41, 5.74) is 0. The van der Waals surface area contributed by atoms with Crippen LogP contribution in [0.3, 0.4) is 0 Å². The van der Waals surface area contributed by atoms with Gasteiger partial charge in [-0.2, -0.15) is 0 Å². The van der Waals surface area contributed by atoms with Gasteiger partial charge in [0.25, 0.3) is 0 Å². The van der Waals surface area contributed by atoms with Gasteiger partial charge in [0.05, 0.1) is 25.4 Å². The fourth-order valence-electron chi connectivity index (χ4n) is 6.86. The number of aliphatic hydroxyl groups excluding tert-OH is 5. The summed E-state index contributed by atoms with van der Waals surface area (Å²) in [5.74, 6) is -0.177. The topological polar surface area (TPSA) is 149 Å². The molecule has 0 saturated carbocycles. The molecule has 1 heterocycles. The van der Waals surface area contributed by atoms with Crippen molar-refractivity contribution in [3.63, 3.8) is 0 Å². The van der Waals surface area contributed by atoms with Gasteiger partial charge in [0.1, 0.15) is 24.4 Å². The van der Waals surface area contributed by atoms with E-state index in [9.17, 15) is 30.3 Å². The van der Waals surface area contributed by atoms with Crippen molar-refractivity contribution in [3.05, 3.63) is 12.2 Å². The molecule has 1 aliphatic heterocycles. The van der Waals surface area contributed by atoms with E-state index in [1.165, 1.54) is 135 Å². The smallest absolute Gasteiger partial charge is 0.220 e. The number of nitrogens with one attached hydrogen (secondary N) is 1. The molecule has 0 aromatic heterocycles. The highest BCUT2D eigenvalue weighted by atomic mass is 16.7. The van der Waals surface area contributed by atoms with Crippen molar-refractivity contribution in [3.8, 4) is 0 Å². The van der Waals surface area contributed by atoms with E-state index < -0.39 is 49.5 Å². The van der Waals surface area contributed by atoms with E-state index in [2.05, 4.69) is 19.2 Å². The summed E-state index contributed by atoms with van der Waals surface area (Å²) >= 11 is 0. The Morgan fingerprint density at radius 1 is 0.647 bits per heavy atom. The van der Waals surface area contributed by atoms with Gasteiger partial charge in [-0.3, -0.25) is 4.79 Å². The Balaban J connectivity index is 2.40. The molecule has 0 aliphatic carbocycles. The number of allylic oxidation sites excluding steroid dienone is 1. The number of hydrogen-bond acceptors (Lipinski definition) is 8. The number of amides is 1. The van der Waals surface area contributed by atoms with Crippen LogP contribution in [-0.4, -0.2) is 87.5 Å². The average Bonchev–Trinajstić information content (AvgIpc) is 3.13. The van der Waals surface area contributed by atoms with Crippen molar-refractivity contribution in [1.29, 1.82) is 0 Å². The fourth-order valence-corrected chi connectivity index (χ4v) is 6.86. The van der Waals surface area contributed by atoms with Crippen molar-refractivity contribution < 1.29 is 39.8 Å². The lowest BCUT2D eigenvalue weighted by Crippen LogP contribution is -2.60. The van der Waals surface area contributed by atoms with E-state index in [-0.39, 0.29) is 12.5 Å². The normalized spacial score (nSPS) is 22.1. The number of aliphatic hydroxyl groups is 5. The first-order valence-corrected chi connectivity index (χ1v) is 21.4. The van der Waals surface area contributed by atoms with E-state index in [0.717, 1.165) is 38.5 Å². The van der Waals surface area contributed by atoms with Crippen LogP contribution in [-0.2, 0) is 14.3 Å². The third kappa shape index (κ3) is 24.8. The molecule has 302 valence electrons. The summed E-state index contributed by atoms with van der Waals surface area (Å²) in [5, 5.41) is 54.0. The Morgan fingerprint density at radius 3 is 1.53 bits per heavy atom. The summed E-state index contributed by atoms with van der Waals surface area (Å²) in [6.07, 6.45) is 29.6. The van der Waals surface area contributed by atoms with Gasteiger partial charge in [0.15, 0.2) is 6.29 Å². The molecule has 0 aromatic carbocycles. The number of ether oxygens (including phenoxy) is 2. The lowest BCUT2D eigenvalue weighted by Gasteiger charge is -2.40. The maximum Gasteiger partial charge on any atom is 0.220 e. The number of carbonyl (C=O) groups excluding carboxylic acids is 1. The van der Waals surface area contributed by atoms with Gasteiger partial charge in [-0.05, 0) is 19.3 Å². The second-order valence-corrected chi connectivity index (χ2v) is 15.1. The highest BCUT2D eigenvalue weighted by Gasteiger charge is 2.44. The van der Waals surface area contributed by atoms with Gasteiger partial charge < -0.3 is 40.3 Å². The average molecular weight is 728 g/mol. The first-order chi connectivity index (χ1) is 24.8. The van der Waals surface area contributed by atoms with E-state index in [1.807, 2.05) is 6.08 Å². The van der Waals surface area contributed by atoms with Gasteiger partial charge in [-0.25, -0.2) is 0 Å². The van der Waals surface area contributed by atoms with Crippen molar-refractivity contribution in [2.24, 2.45) is 0 Å². The van der Waals surface area contributed by atoms with E-state index >= 15 is 0 Å². The predicted octanol–water partition coefficient (Wildman–Crippen LogP) is 8.17. The lowest BCUT2D eigenvalue weighted by molar-refractivity contribution is -0.302. The number of hydrogen-bond donors (Lipinski definition) is 6. The summed E-state index contributed by atoms with van der Waals surface area (Å²) in [6, 6.07) is -0.796. The number of rotatable bonds is 35. The van der Waals surface area contributed by atoms with Crippen LogP contribution in [0.5, 0.6) is 0 Å². The van der Waals surface area contributed by atoms with Crippen LogP contribution in [0.4, 0.5) is 0 Å². The van der Waals surface area contributed by atoms with Gasteiger partial charge in [0.2, 0.25) is 5.91 Å². The number of unbranched alkanes of at least 4 members (excludes halogenated alkanes) is 25. The highest BCUT2D eigenvalue weighted by Crippen LogP contribution is 2.22.